The van der Waals surface area contributed by atoms with Crippen molar-refractivity contribution >= 4 is 27.4 Å². The molecule has 0 amide bonds. The number of methoxy groups -OCH3 is 1. The van der Waals surface area contributed by atoms with Gasteiger partial charge in [-0.15, -0.1) is 16.4 Å². The lowest BCUT2D eigenvalue weighted by Gasteiger charge is -2.33. The van der Waals surface area contributed by atoms with Crippen LogP contribution in [0.5, 0.6) is 0 Å². The third kappa shape index (κ3) is 3.04. The second kappa shape index (κ2) is 7.22. The molecule has 0 aromatic carbocycles. The average molecular weight is 375 g/mol. The smallest absolute Gasteiger partial charge is 0.182 e. The van der Waals surface area contributed by atoms with Gasteiger partial charge in [-0.3, -0.25) is 0 Å². The Morgan fingerprint density at radius 3 is 3.08 bits per heavy atom. The van der Waals surface area contributed by atoms with Gasteiger partial charge in [-0.2, -0.15) is 0 Å². The predicted molar refractivity (Wildman–Crippen MR) is 97.5 cm³/mol. The lowest BCUT2D eigenvalue weighted by Crippen LogP contribution is -2.40. The van der Waals surface area contributed by atoms with E-state index in [1.807, 2.05) is 0 Å². The molecule has 3 aromatic heterocycles. The number of anilines is 1. The fraction of sp³-hybridized carbons (Fsp3) is 0.562. The van der Waals surface area contributed by atoms with Crippen LogP contribution in [0.15, 0.2) is 6.33 Å². The van der Waals surface area contributed by atoms with Crippen LogP contribution in [0.1, 0.15) is 22.4 Å². The van der Waals surface area contributed by atoms with E-state index in [0.717, 1.165) is 28.4 Å². The number of aryl methyl sites for hydroxylation is 2. The molecule has 4 heterocycles. The van der Waals surface area contributed by atoms with Gasteiger partial charge in [0.15, 0.2) is 5.82 Å². The van der Waals surface area contributed by atoms with E-state index >= 15 is 0 Å². The summed E-state index contributed by atoms with van der Waals surface area (Å²) in [4.78, 5) is 13.6. The van der Waals surface area contributed by atoms with E-state index in [2.05, 4.69) is 44.2 Å². The number of fused-ring (bicyclic) bond motifs is 1. The number of hydrogen-bond acceptors (Lipinski definition) is 9. The third-order valence-electron chi connectivity index (χ3n) is 4.67. The number of nitrogens with zero attached hydrogens (tertiary/aromatic N) is 7. The normalized spacial score (nSPS) is 18.0. The van der Waals surface area contributed by atoms with Crippen LogP contribution in [-0.4, -0.2) is 63.6 Å². The van der Waals surface area contributed by atoms with Crippen molar-refractivity contribution in [2.24, 2.45) is 0 Å². The second-order valence-electron chi connectivity index (χ2n) is 6.22. The highest BCUT2D eigenvalue weighted by atomic mass is 32.1. The Kier molecular flexibility index (Phi) is 4.79. The van der Waals surface area contributed by atoms with Crippen molar-refractivity contribution in [3.8, 4) is 0 Å². The summed E-state index contributed by atoms with van der Waals surface area (Å²) in [6.07, 6.45) is 1.43. The summed E-state index contributed by atoms with van der Waals surface area (Å²) >= 11 is 1.71. The monoisotopic (exact) mass is 375 g/mol. The SMILES string of the molecule is COCCn1nnnc1C1CN(c2ncnc3sc(C)c(C)c23)CCO1. The summed E-state index contributed by atoms with van der Waals surface area (Å²) in [6.45, 7) is 7.41. The van der Waals surface area contributed by atoms with Crippen LogP contribution in [0.2, 0.25) is 0 Å². The first-order chi connectivity index (χ1) is 12.7. The lowest BCUT2D eigenvalue weighted by atomic mass is 10.2. The number of hydrogen-bond donors (Lipinski definition) is 0. The Hall–Kier alpha value is -2.17. The van der Waals surface area contributed by atoms with Crippen LogP contribution < -0.4 is 4.90 Å². The first-order valence-corrected chi connectivity index (χ1v) is 9.33. The molecule has 26 heavy (non-hydrogen) atoms. The Morgan fingerprint density at radius 1 is 1.35 bits per heavy atom. The molecule has 0 bridgehead atoms. The van der Waals surface area contributed by atoms with E-state index < -0.39 is 0 Å². The Balaban J connectivity index is 1.63. The molecule has 0 spiro atoms. The lowest BCUT2D eigenvalue weighted by molar-refractivity contribution is 0.0298. The zero-order chi connectivity index (χ0) is 18.1. The highest BCUT2D eigenvalue weighted by Crippen LogP contribution is 2.35. The molecule has 0 radical (unpaired) electrons. The summed E-state index contributed by atoms with van der Waals surface area (Å²) in [5.74, 6) is 1.68. The van der Waals surface area contributed by atoms with Gasteiger partial charge in [-0.1, -0.05) is 0 Å². The number of rotatable bonds is 5. The maximum absolute atomic E-state index is 5.96. The van der Waals surface area contributed by atoms with E-state index in [-0.39, 0.29) is 6.10 Å². The summed E-state index contributed by atoms with van der Waals surface area (Å²) in [6, 6.07) is 0. The van der Waals surface area contributed by atoms with Gasteiger partial charge in [0.2, 0.25) is 0 Å². The van der Waals surface area contributed by atoms with Crippen LogP contribution in [0.3, 0.4) is 0 Å². The second-order valence-corrected chi connectivity index (χ2v) is 7.42. The quantitative estimate of drug-likeness (QED) is 0.663. The summed E-state index contributed by atoms with van der Waals surface area (Å²) < 4.78 is 12.8. The molecule has 0 N–H and O–H groups in total. The maximum atomic E-state index is 5.96. The Bertz CT molecular complexity index is 909. The van der Waals surface area contributed by atoms with Crippen molar-refractivity contribution in [3.63, 3.8) is 0 Å². The molecule has 1 aliphatic heterocycles. The van der Waals surface area contributed by atoms with Crippen LogP contribution in [0.25, 0.3) is 10.2 Å². The molecule has 1 aliphatic rings. The summed E-state index contributed by atoms with van der Waals surface area (Å²) in [7, 11) is 1.66. The van der Waals surface area contributed by atoms with Crippen molar-refractivity contribution in [2.75, 3.05) is 38.3 Å². The molecule has 4 rings (SSSR count). The largest absolute Gasteiger partial charge is 0.383 e. The van der Waals surface area contributed by atoms with Crippen molar-refractivity contribution in [3.05, 3.63) is 22.6 Å². The summed E-state index contributed by atoms with van der Waals surface area (Å²) in [5, 5.41) is 13.2. The first kappa shape index (κ1) is 17.3. The summed E-state index contributed by atoms with van der Waals surface area (Å²) in [5.41, 5.74) is 1.24. The van der Waals surface area contributed by atoms with Crippen LogP contribution in [-0.2, 0) is 16.0 Å². The van der Waals surface area contributed by atoms with Crippen molar-refractivity contribution < 1.29 is 9.47 Å². The minimum Gasteiger partial charge on any atom is -0.383 e. The zero-order valence-electron chi connectivity index (χ0n) is 15.0. The van der Waals surface area contributed by atoms with E-state index in [1.165, 1.54) is 10.4 Å². The van der Waals surface area contributed by atoms with Gasteiger partial charge in [0.1, 0.15) is 23.1 Å². The zero-order valence-corrected chi connectivity index (χ0v) is 15.9. The van der Waals surface area contributed by atoms with Crippen molar-refractivity contribution in [2.45, 2.75) is 26.5 Å². The average Bonchev–Trinajstić information content (AvgIpc) is 3.25. The molecule has 138 valence electrons. The maximum Gasteiger partial charge on any atom is 0.182 e. The highest BCUT2D eigenvalue weighted by Gasteiger charge is 2.29. The Morgan fingerprint density at radius 2 is 2.23 bits per heavy atom. The number of tetrazole rings is 1. The molecule has 1 atom stereocenters. The fourth-order valence-electron chi connectivity index (χ4n) is 3.18. The first-order valence-electron chi connectivity index (χ1n) is 8.51. The van der Waals surface area contributed by atoms with Gasteiger partial charge in [0.05, 0.1) is 31.7 Å². The minimum atomic E-state index is -0.208. The van der Waals surface area contributed by atoms with E-state index in [0.29, 0.717) is 26.3 Å². The molecule has 9 nitrogen and oxygen atoms in total. The van der Waals surface area contributed by atoms with E-state index in [9.17, 15) is 0 Å². The van der Waals surface area contributed by atoms with Crippen molar-refractivity contribution in [1.82, 2.24) is 30.2 Å². The fourth-order valence-corrected chi connectivity index (χ4v) is 4.17. The van der Waals surface area contributed by atoms with Gasteiger partial charge >= 0.3 is 0 Å². The van der Waals surface area contributed by atoms with E-state index in [4.69, 9.17) is 9.47 Å². The number of aromatic nitrogens is 6. The van der Waals surface area contributed by atoms with Crippen LogP contribution in [0.4, 0.5) is 5.82 Å². The molecule has 1 unspecified atom stereocenters. The van der Waals surface area contributed by atoms with E-state index in [1.54, 1.807) is 29.5 Å². The third-order valence-corrected chi connectivity index (χ3v) is 5.78. The highest BCUT2D eigenvalue weighted by molar-refractivity contribution is 7.18. The van der Waals surface area contributed by atoms with Gasteiger partial charge in [-0.05, 0) is 29.8 Å². The molecule has 1 saturated heterocycles. The topological polar surface area (TPSA) is 91.1 Å². The molecule has 10 heteroatoms. The standard InChI is InChI=1S/C16H21N7O2S/c1-10-11(2)26-16-13(10)15(17-9-18-16)22-4-7-25-12(8-22)14-19-20-21-23(14)5-6-24-3/h9,12H,4-8H2,1-3H3. The number of ether oxygens (including phenoxy) is 2. The van der Waals surface area contributed by atoms with Crippen LogP contribution >= 0.6 is 11.3 Å². The molecule has 3 aromatic rings. The van der Waals surface area contributed by atoms with Crippen molar-refractivity contribution in [1.29, 1.82) is 0 Å². The van der Waals surface area contributed by atoms with Gasteiger partial charge in [-0.25, -0.2) is 14.6 Å². The number of morpholine rings is 1. The number of thiophene rings is 1. The Labute approximate surface area is 154 Å². The molecule has 0 saturated carbocycles. The predicted octanol–water partition coefficient (Wildman–Crippen LogP) is 1.52. The molecular formula is C16H21N7O2S. The van der Waals surface area contributed by atoms with Crippen LogP contribution in [0, 0.1) is 13.8 Å². The molecule has 0 aliphatic carbocycles. The molecule has 1 fully saturated rings. The molecular weight excluding hydrogens is 354 g/mol. The van der Waals surface area contributed by atoms with Gasteiger partial charge < -0.3 is 14.4 Å². The minimum absolute atomic E-state index is 0.208. The van der Waals surface area contributed by atoms with Gasteiger partial charge in [0.25, 0.3) is 0 Å². The van der Waals surface area contributed by atoms with Gasteiger partial charge in [0, 0.05) is 18.5 Å².